The molecule has 0 aliphatic heterocycles. The smallest absolute Gasteiger partial charge is 0.220 e. The molecule has 54 heavy (non-hydrogen) atoms. The summed E-state index contributed by atoms with van der Waals surface area (Å²) >= 11 is 0. The van der Waals surface area contributed by atoms with Gasteiger partial charge in [-0.05, 0) is 149 Å². The first-order valence-corrected chi connectivity index (χ1v) is 22.2. The Kier molecular flexibility index (Phi) is 18.3. The maximum Gasteiger partial charge on any atom is 0.220 e. The van der Waals surface area contributed by atoms with Gasteiger partial charge < -0.3 is 20.8 Å². The van der Waals surface area contributed by atoms with Crippen LogP contribution in [0.4, 0.5) is 0 Å². The van der Waals surface area contributed by atoms with E-state index in [0.29, 0.717) is 61.4 Å². The number of rotatable bonds is 21. The van der Waals surface area contributed by atoms with Gasteiger partial charge in [-0.2, -0.15) is 0 Å². The number of unbranched alkanes of at least 4 members (excludes halogenated alkanes) is 1. The van der Waals surface area contributed by atoms with Crippen LogP contribution in [0.15, 0.2) is 60.8 Å². The molecule has 0 radical (unpaired) electrons. The Labute approximate surface area is 329 Å². The van der Waals surface area contributed by atoms with Gasteiger partial charge in [-0.15, -0.1) is 0 Å². The van der Waals surface area contributed by atoms with Crippen molar-refractivity contribution in [1.82, 2.24) is 10.6 Å². The highest BCUT2D eigenvalue weighted by atomic mass is 16.3. The average Bonchev–Trinajstić information content (AvgIpc) is 3.51. The Morgan fingerprint density at radius 2 is 1.26 bits per heavy atom. The van der Waals surface area contributed by atoms with Gasteiger partial charge in [-0.1, -0.05) is 102 Å². The summed E-state index contributed by atoms with van der Waals surface area (Å²) in [7, 11) is 0. The molecule has 2 amide bonds. The molecule has 4 aliphatic carbocycles. The topological polar surface area (TPSA) is 98.7 Å². The van der Waals surface area contributed by atoms with E-state index < -0.39 is 0 Å². The molecule has 11 atom stereocenters. The lowest BCUT2D eigenvalue weighted by atomic mass is 9.41. The SMILES string of the molecule is CC/C=C\C/C=C\C/C=C\C/C=C\C/C=C\CCCC(=O)NCCNC(=O)CC[C@@H](C)C1CC[C@H]2[C@@H]3[C@H](O)[C@H](CC)C4C[C@H](O)CC[C@]4(C)[C@H]3CC[C@]12C. The molecule has 4 N–H and O–H groups in total. The number of carbonyl (C=O) groups is 2. The molecule has 0 bridgehead atoms. The third kappa shape index (κ3) is 11.8. The van der Waals surface area contributed by atoms with E-state index in [2.05, 4.69) is 106 Å². The maximum atomic E-state index is 12.8. The Morgan fingerprint density at radius 3 is 1.87 bits per heavy atom. The summed E-state index contributed by atoms with van der Waals surface area (Å²) in [5, 5.41) is 28.6. The zero-order valence-electron chi connectivity index (χ0n) is 34.8. The molecule has 0 aromatic heterocycles. The van der Waals surface area contributed by atoms with Gasteiger partial charge in [0.2, 0.25) is 11.8 Å². The van der Waals surface area contributed by atoms with E-state index in [9.17, 15) is 19.8 Å². The summed E-state index contributed by atoms with van der Waals surface area (Å²) in [6.45, 7) is 12.7. The summed E-state index contributed by atoms with van der Waals surface area (Å²) in [6, 6.07) is 0. The molecule has 2 unspecified atom stereocenters. The van der Waals surface area contributed by atoms with Gasteiger partial charge in [0.1, 0.15) is 0 Å². The van der Waals surface area contributed by atoms with Crippen LogP contribution in [0.3, 0.4) is 0 Å². The standard InChI is InChI=1S/C48H78N2O4/c1-6-8-9-10-11-12-13-14-15-16-17-18-19-20-21-22-23-24-43(52)49-33-34-50-44(53)28-25-36(3)39-26-27-40-45-41(30-32-47(39,40)4)48(5)31-29-37(51)35-42(48)38(7-2)46(45)54/h8-9,11-12,14-15,17-18,20-21,36-42,45-46,51,54H,6-7,10,13,16,19,22-35H2,1-5H3,(H,49,52)(H,50,53)/b9-8-,12-11-,15-14-,18-17-,21-20-/t36-,37-,38-,39?,40+,41+,42?,45+,46-,47-,48-/m1/s1. The molecule has 4 rings (SSSR count). The lowest BCUT2D eigenvalue weighted by Crippen LogP contribution is -2.62. The average molecular weight is 747 g/mol. The number of nitrogens with one attached hydrogen (secondary N) is 2. The quantitative estimate of drug-likeness (QED) is 0.0694. The molecule has 6 heteroatoms. The van der Waals surface area contributed by atoms with Crippen molar-refractivity contribution >= 4 is 11.8 Å². The van der Waals surface area contributed by atoms with Gasteiger partial charge in [0.05, 0.1) is 12.2 Å². The number of aliphatic hydroxyl groups excluding tert-OH is 2. The van der Waals surface area contributed by atoms with Gasteiger partial charge >= 0.3 is 0 Å². The normalized spacial score (nSPS) is 34.5. The van der Waals surface area contributed by atoms with E-state index in [1.54, 1.807) is 0 Å². The van der Waals surface area contributed by atoms with E-state index in [0.717, 1.165) is 77.0 Å². The highest BCUT2D eigenvalue weighted by Gasteiger charge is 2.64. The molecular weight excluding hydrogens is 669 g/mol. The first-order chi connectivity index (χ1) is 26.1. The third-order valence-electron chi connectivity index (χ3n) is 14.7. The van der Waals surface area contributed by atoms with Crippen LogP contribution in [-0.2, 0) is 9.59 Å². The van der Waals surface area contributed by atoms with Crippen LogP contribution in [0.1, 0.15) is 150 Å². The monoisotopic (exact) mass is 747 g/mol. The van der Waals surface area contributed by atoms with Crippen LogP contribution in [0.2, 0.25) is 0 Å². The Morgan fingerprint density at radius 1 is 0.704 bits per heavy atom. The summed E-state index contributed by atoms with van der Waals surface area (Å²) in [4.78, 5) is 25.1. The van der Waals surface area contributed by atoms with Crippen molar-refractivity contribution < 1.29 is 19.8 Å². The van der Waals surface area contributed by atoms with E-state index in [1.165, 1.54) is 25.7 Å². The minimum Gasteiger partial charge on any atom is -0.393 e. The second-order valence-corrected chi connectivity index (χ2v) is 17.9. The highest BCUT2D eigenvalue weighted by molar-refractivity contribution is 5.77. The molecular formula is C48H78N2O4. The highest BCUT2D eigenvalue weighted by Crippen LogP contribution is 2.69. The maximum absolute atomic E-state index is 12.8. The van der Waals surface area contributed by atoms with E-state index >= 15 is 0 Å². The van der Waals surface area contributed by atoms with Crippen molar-refractivity contribution in [3.8, 4) is 0 Å². The number of hydrogen-bond acceptors (Lipinski definition) is 4. The van der Waals surface area contributed by atoms with Crippen LogP contribution in [0.25, 0.3) is 0 Å². The second-order valence-electron chi connectivity index (χ2n) is 17.9. The zero-order chi connectivity index (χ0) is 39.0. The second kappa shape index (κ2) is 22.3. The first kappa shape index (κ1) is 44.3. The predicted molar refractivity (Wildman–Crippen MR) is 225 cm³/mol. The molecule has 4 saturated carbocycles. The fraction of sp³-hybridized carbons (Fsp3) is 0.750. The number of carbonyl (C=O) groups excluding carboxylic acids is 2. The molecule has 4 fully saturated rings. The zero-order valence-corrected chi connectivity index (χ0v) is 34.8. The van der Waals surface area contributed by atoms with Crippen LogP contribution in [0, 0.1) is 52.3 Å². The van der Waals surface area contributed by atoms with Crippen LogP contribution in [-0.4, -0.2) is 47.3 Å². The Balaban J connectivity index is 1.07. The molecule has 0 saturated heterocycles. The van der Waals surface area contributed by atoms with Gasteiger partial charge in [-0.3, -0.25) is 9.59 Å². The first-order valence-electron chi connectivity index (χ1n) is 22.2. The van der Waals surface area contributed by atoms with Crippen molar-refractivity contribution in [1.29, 1.82) is 0 Å². The predicted octanol–water partition coefficient (Wildman–Crippen LogP) is 10.2. The molecule has 0 heterocycles. The third-order valence-corrected chi connectivity index (χ3v) is 14.7. The van der Waals surface area contributed by atoms with Crippen LogP contribution < -0.4 is 10.6 Å². The molecule has 0 aromatic carbocycles. The van der Waals surface area contributed by atoms with E-state index in [1.807, 2.05) is 0 Å². The van der Waals surface area contributed by atoms with Crippen molar-refractivity contribution in [2.24, 2.45) is 52.3 Å². The molecule has 4 aliphatic rings. The van der Waals surface area contributed by atoms with Gasteiger partial charge in [0.25, 0.3) is 0 Å². The van der Waals surface area contributed by atoms with Crippen LogP contribution in [0.5, 0.6) is 0 Å². The minimum absolute atomic E-state index is 0.0444. The lowest BCUT2D eigenvalue weighted by molar-refractivity contribution is -0.203. The van der Waals surface area contributed by atoms with Crippen molar-refractivity contribution in [2.45, 2.75) is 162 Å². The Hall–Kier alpha value is -2.44. The van der Waals surface area contributed by atoms with Crippen molar-refractivity contribution in [3.63, 3.8) is 0 Å². The number of hydrogen-bond donors (Lipinski definition) is 4. The Bertz CT molecular complexity index is 1300. The largest absolute Gasteiger partial charge is 0.393 e. The summed E-state index contributed by atoms with van der Waals surface area (Å²) < 4.78 is 0. The fourth-order valence-corrected chi connectivity index (χ4v) is 11.8. The van der Waals surface area contributed by atoms with Crippen molar-refractivity contribution in [2.75, 3.05) is 13.1 Å². The van der Waals surface area contributed by atoms with Gasteiger partial charge in [0.15, 0.2) is 0 Å². The van der Waals surface area contributed by atoms with Gasteiger partial charge in [0, 0.05) is 25.9 Å². The molecule has 304 valence electrons. The van der Waals surface area contributed by atoms with Crippen LogP contribution >= 0.6 is 0 Å². The molecule has 0 spiro atoms. The summed E-state index contributed by atoms with van der Waals surface area (Å²) in [6.07, 6.45) is 38.7. The summed E-state index contributed by atoms with van der Waals surface area (Å²) in [5.41, 5.74) is 0.440. The van der Waals surface area contributed by atoms with E-state index in [4.69, 9.17) is 0 Å². The van der Waals surface area contributed by atoms with Gasteiger partial charge in [-0.25, -0.2) is 0 Å². The lowest BCUT2D eigenvalue weighted by Gasteiger charge is -2.64. The molecule has 6 nitrogen and oxygen atoms in total. The number of aliphatic hydroxyl groups is 2. The fourth-order valence-electron chi connectivity index (χ4n) is 11.8. The minimum atomic E-state index is -0.266. The number of amides is 2. The van der Waals surface area contributed by atoms with E-state index in [-0.39, 0.29) is 40.8 Å². The summed E-state index contributed by atoms with van der Waals surface area (Å²) in [5.74, 6) is 3.32. The number of allylic oxidation sites excluding steroid dienone is 10. The van der Waals surface area contributed by atoms with Crippen molar-refractivity contribution in [3.05, 3.63) is 60.8 Å². The molecule has 0 aromatic rings. The number of fused-ring (bicyclic) bond motifs is 5.